The summed E-state index contributed by atoms with van der Waals surface area (Å²) in [5.41, 5.74) is 1.95. The fourth-order valence-corrected chi connectivity index (χ4v) is 2.74. The van der Waals surface area contributed by atoms with Gasteiger partial charge in [0.1, 0.15) is 11.4 Å². The van der Waals surface area contributed by atoms with Crippen molar-refractivity contribution in [2.24, 2.45) is 0 Å². The number of aryl methyl sites for hydroxylation is 1. The maximum absolute atomic E-state index is 13.4. The first-order chi connectivity index (χ1) is 10.7. The second-order valence-corrected chi connectivity index (χ2v) is 5.37. The Hall–Kier alpha value is -1.95. The normalized spacial score (nSPS) is 15.1. The lowest BCUT2D eigenvalue weighted by atomic mass is 10.0. The maximum Gasteiger partial charge on any atom is 0.282 e. The Labute approximate surface area is 128 Å². The molecule has 0 saturated carbocycles. The highest BCUT2D eigenvalue weighted by Gasteiger charge is 2.27. The lowest BCUT2D eigenvalue weighted by Crippen LogP contribution is -2.43. The second kappa shape index (κ2) is 6.04. The van der Waals surface area contributed by atoms with E-state index in [2.05, 4.69) is 10.4 Å². The molecule has 6 heteroatoms. The van der Waals surface area contributed by atoms with E-state index >= 15 is 0 Å². The molecule has 4 nitrogen and oxygen atoms in total. The Kier molecular flexibility index (Phi) is 4.11. The van der Waals surface area contributed by atoms with Crippen LogP contribution in [-0.2, 0) is 6.42 Å². The molecule has 1 aromatic heterocycles. The first-order valence-corrected chi connectivity index (χ1v) is 7.39. The molecule has 0 atom stereocenters. The molecule has 3 rings (SSSR count). The Balaban J connectivity index is 2.12. The van der Waals surface area contributed by atoms with Gasteiger partial charge < -0.3 is 10.1 Å². The Morgan fingerprint density at radius 2 is 2.14 bits per heavy atom. The minimum atomic E-state index is -2.61. The lowest BCUT2D eigenvalue weighted by molar-refractivity contribution is 0.144. The highest BCUT2D eigenvalue weighted by molar-refractivity contribution is 5.74. The molecule has 0 radical (unpaired) electrons. The van der Waals surface area contributed by atoms with Crippen LogP contribution in [0.15, 0.2) is 24.4 Å². The summed E-state index contributed by atoms with van der Waals surface area (Å²) >= 11 is 0. The van der Waals surface area contributed by atoms with Crippen molar-refractivity contribution in [3.05, 3.63) is 35.7 Å². The molecular formula is C16H19F2N3O. The molecular weight excluding hydrogens is 288 g/mol. The largest absolute Gasteiger partial charge is 0.496 e. The lowest BCUT2D eigenvalue weighted by Gasteiger charge is -2.27. The van der Waals surface area contributed by atoms with E-state index in [1.54, 1.807) is 18.0 Å². The topological polar surface area (TPSA) is 39.1 Å². The number of aromatic nitrogens is 2. The third-order valence-corrected chi connectivity index (χ3v) is 4.07. The third-order valence-electron chi connectivity index (χ3n) is 4.07. The van der Waals surface area contributed by atoms with Crippen LogP contribution in [0, 0.1) is 0 Å². The van der Waals surface area contributed by atoms with Gasteiger partial charge in [0, 0.05) is 30.4 Å². The summed E-state index contributed by atoms with van der Waals surface area (Å²) in [6.45, 7) is 3.53. The van der Waals surface area contributed by atoms with Gasteiger partial charge in [-0.25, -0.2) is 8.78 Å². The van der Waals surface area contributed by atoms with Crippen molar-refractivity contribution in [2.45, 2.75) is 25.8 Å². The number of alkyl halides is 2. The van der Waals surface area contributed by atoms with Crippen LogP contribution in [0.25, 0.3) is 11.1 Å². The van der Waals surface area contributed by atoms with Crippen LogP contribution in [-0.4, -0.2) is 30.0 Å². The summed E-state index contributed by atoms with van der Waals surface area (Å²) in [7, 11) is 1.57. The average molecular weight is 307 g/mol. The van der Waals surface area contributed by atoms with Crippen LogP contribution in [0.4, 0.5) is 8.78 Å². The number of hydrogen-bond acceptors (Lipinski definition) is 3. The number of nitrogens with one attached hydrogen (secondary N) is 1. The minimum Gasteiger partial charge on any atom is -0.496 e. The number of hydrogen-bond donors (Lipinski definition) is 1. The third kappa shape index (κ3) is 2.47. The van der Waals surface area contributed by atoms with Gasteiger partial charge in [0.25, 0.3) is 6.43 Å². The van der Waals surface area contributed by atoms with E-state index in [1.165, 1.54) is 0 Å². The van der Waals surface area contributed by atoms with Gasteiger partial charge in [-0.2, -0.15) is 5.10 Å². The van der Waals surface area contributed by atoms with E-state index in [0.29, 0.717) is 16.9 Å². The van der Waals surface area contributed by atoms with Crippen molar-refractivity contribution in [1.82, 2.24) is 15.1 Å². The van der Waals surface area contributed by atoms with E-state index in [1.807, 2.05) is 25.1 Å². The molecule has 0 aliphatic carbocycles. The summed E-state index contributed by atoms with van der Waals surface area (Å²) in [4.78, 5) is 0. The molecule has 1 aromatic carbocycles. The van der Waals surface area contributed by atoms with E-state index < -0.39 is 6.43 Å². The van der Waals surface area contributed by atoms with Crippen LogP contribution in [0.1, 0.15) is 30.6 Å². The molecule has 0 bridgehead atoms. The fraction of sp³-hybridized carbons (Fsp3) is 0.438. The Morgan fingerprint density at radius 3 is 2.68 bits per heavy atom. The molecule has 1 aliphatic heterocycles. The molecule has 0 amide bonds. The fourth-order valence-electron chi connectivity index (χ4n) is 2.74. The van der Waals surface area contributed by atoms with E-state index in [9.17, 15) is 8.78 Å². The molecule has 22 heavy (non-hydrogen) atoms. The second-order valence-electron chi connectivity index (χ2n) is 5.37. The van der Waals surface area contributed by atoms with Gasteiger partial charge in [-0.3, -0.25) is 4.68 Å². The summed E-state index contributed by atoms with van der Waals surface area (Å²) in [6.07, 6.45) is -0.120. The quantitative estimate of drug-likeness (QED) is 0.922. The van der Waals surface area contributed by atoms with Crippen LogP contribution >= 0.6 is 0 Å². The molecule has 1 fully saturated rings. The molecule has 1 N–H and O–H groups in total. The van der Waals surface area contributed by atoms with Crippen molar-refractivity contribution >= 4 is 0 Å². The van der Waals surface area contributed by atoms with Crippen molar-refractivity contribution in [3.63, 3.8) is 0 Å². The molecule has 2 aromatic rings. The number of methoxy groups -OCH3 is 1. The molecule has 1 saturated heterocycles. The number of benzene rings is 1. The highest BCUT2D eigenvalue weighted by Crippen LogP contribution is 2.38. The van der Waals surface area contributed by atoms with Crippen molar-refractivity contribution in [1.29, 1.82) is 0 Å². The first kappa shape index (κ1) is 15.0. The molecule has 1 aliphatic rings. The summed E-state index contributed by atoms with van der Waals surface area (Å²) in [6, 6.07) is 5.77. The first-order valence-electron chi connectivity index (χ1n) is 7.39. The average Bonchev–Trinajstić information content (AvgIpc) is 2.89. The van der Waals surface area contributed by atoms with Crippen molar-refractivity contribution < 1.29 is 13.5 Å². The standard InChI is InChI=1S/C16H19F2N3O/c1-3-10-5-4-6-12(15(10)22-2)13-9-21(11-7-19-8-11)20-14(13)16(17)18/h4-6,9,11,16,19H,3,7-8H2,1-2H3. The molecule has 0 spiro atoms. The number of para-hydroxylation sites is 1. The van der Waals surface area contributed by atoms with E-state index in [4.69, 9.17) is 4.74 Å². The minimum absolute atomic E-state index is 0.145. The molecule has 118 valence electrons. The Morgan fingerprint density at radius 1 is 1.36 bits per heavy atom. The maximum atomic E-state index is 13.4. The van der Waals surface area contributed by atoms with Gasteiger partial charge in [0.05, 0.1) is 13.2 Å². The summed E-state index contributed by atoms with van der Waals surface area (Å²) in [5.74, 6) is 0.651. The van der Waals surface area contributed by atoms with Crippen LogP contribution in [0.2, 0.25) is 0 Å². The summed E-state index contributed by atoms with van der Waals surface area (Å²) < 4.78 is 33.9. The number of ether oxygens (including phenoxy) is 1. The number of nitrogens with zero attached hydrogens (tertiary/aromatic N) is 2. The Bertz CT molecular complexity index is 665. The van der Waals surface area contributed by atoms with E-state index in [-0.39, 0.29) is 11.7 Å². The monoisotopic (exact) mass is 307 g/mol. The SMILES string of the molecule is CCc1cccc(-c2cn(C3CNC3)nc2C(F)F)c1OC. The van der Waals surface area contributed by atoms with Gasteiger partial charge in [0.15, 0.2) is 0 Å². The molecule has 0 unspecified atom stereocenters. The predicted octanol–water partition coefficient (Wildman–Crippen LogP) is 3.20. The van der Waals surface area contributed by atoms with Crippen LogP contribution < -0.4 is 10.1 Å². The predicted molar refractivity (Wildman–Crippen MR) is 80.5 cm³/mol. The van der Waals surface area contributed by atoms with Crippen molar-refractivity contribution in [3.8, 4) is 16.9 Å². The molecule has 2 heterocycles. The number of halogens is 2. The van der Waals surface area contributed by atoms with Gasteiger partial charge in [0.2, 0.25) is 0 Å². The van der Waals surface area contributed by atoms with Crippen molar-refractivity contribution in [2.75, 3.05) is 20.2 Å². The van der Waals surface area contributed by atoms with E-state index in [0.717, 1.165) is 25.1 Å². The van der Waals surface area contributed by atoms with Gasteiger partial charge in [-0.05, 0) is 12.0 Å². The highest BCUT2D eigenvalue weighted by atomic mass is 19.3. The number of rotatable bonds is 5. The summed E-state index contributed by atoms with van der Waals surface area (Å²) in [5, 5.41) is 7.24. The zero-order valence-corrected chi connectivity index (χ0v) is 12.6. The van der Waals surface area contributed by atoms with Gasteiger partial charge >= 0.3 is 0 Å². The van der Waals surface area contributed by atoms with Gasteiger partial charge in [-0.1, -0.05) is 25.1 Å². The zero-order valence-electron chi connectivity index (χ0n) is 12.6. The van der Waals surface area contributed by atoms with Crippen LogP contribution in [0.3, 0.4) is 0 Å². The van der Waals surface area contributed by atoms with Gasteiger partial charge in [-0.15, -0.1) is 0 Å². The smallest absolute Gasteiger partial charge is 0.282 e. The van der Waals surface area contributed by atoms with Crippen LogP contribution in [0.5, 0.6) is 5.75 Å². The zero-order chi connectivity index (χ0) is 15.7.